The van der Waals surface area contributed by atoms with Gasteiger partial charge in [-0.25, -0.2) is 0 Å². The zero-order valence-corrected chi connectivity index (χ0v) is 11.7. The third kappa shape index (κ3) is 3.01. The highest BCUT2D eigenvalue weighted by molar-refractivity contribution is 5.32. The number of rotatable bonds is 3. The van der Waals surface area contributed by atoms with E-state index in [1.165, 1.54) is 43.2 Å². The van der Waals surface area contributed by atoms with Gasteiger partial charge in [0, 0.05) is 12.0 Å². The van der Waals surface area contributed by atoms with E-state index in [1.807, 2.05) is 0 Å². The molecule has 3 unspecified atom stereocenters. The van der Waals surface area contributed by atoms with Crippen LogP contribution in [-0.2, 0) is 11.2 Å². The number of fused-ring (bicyclic) bond motifs is 1. The van der Waals surface area contributed by atoms with Crippen LogP contribution in [0.4, 0.5) is 0 Å². The fourth-order valence-corrected chi connectivity index (χ4v) is 3.60. The highest BCUT2D eigenvalue weighted by Gasteiger charge is 2.25. The zero-order valence-electron chi connectivity index (χ0n) is 11.7. The molecule has 0 saturated heterocycles. The second-order valence-corrected chi connectivity index (χ2v) is 6.11. The van der Waals surface area contributed by atoms with Crippen LogP contribution in [0.2, 0.25) is 0 Å². The van der Waals surface area contributed by atoms with E-state index in [1.54, 1.807) is 0 Å². The van der Waals surface area contributed by atoms with Gasteiger partial charge in [-0.05, 0) is 43.2 Å². The zero-order chi connectivity index (χ0) is 13.1. The molecule has 0 spiro atoms. The van der Waals surface area contributed by atoms with Gasteiger partial charge in [0.1, 0.15) is 0 Å². The summed E-state index contributed by atoms with van der Waals surface area (Å²) in [5.41, 5.74) is 9.20. The normalized spacial score (nSPS) is 30.9. The Balaban J connectivity index is 1.61. The van der Waals surface area contributed by atoms with E-state index >= 15 is 0 Å². The summed E-state index contributed by atoms with van der Waals surface area (Å²) < 4.78 is 6.17. The van der Waals surface area contributed by atoms with Crippen molar-refractivity contribution in [2.45, 2.75) is 63.0 Å². The molecular formula is C17H25NO. The van der Waals surface area contributed by atoms with Gasteiger partial charge in [-0.1, -0.05) is 37.1 Å². The second-order valence-electron chi connectivity index (χ2n) is 6.11. The molecule has 3 atom stereocenters. The molecule has 104 valence electrons. The van der Waals surface area contributed by atoms with Crippen molar-refractivity contribution in [1.29, 1.82) is 0 Å². The first-order valence-corrected chi connectivity index (χ1v) is 7.79. The van der Waals surface area contributed by atoms with Crippen LogP contribution in [0.25, 0.3) is 0 Å². The lowest BCUT2D eigenvalue weighted by Crippen LogP contribution is -2.40. The predicted molar refractivity (Wildman–Crippen MR) is 78.3 cm³/mol. The summed E-state index contributed by atoms with van der Waals surface area (Å²) >= 11 is 0. The topological polar surface area (TPSA) is 35.2 Å². The Kier molecular flexibility index (Phi) is 4.19. The van der Waals surface area contributed by atoms with E-state index in [0.29, 0.717) is 12.0 Å². The Morgan fingerprint density at radius 1 is 1.05 bits per heavy atom. The minimum absolute atomic E-state index is 0.257. The van der Waals surface area contributed by atoms with Crippen molar-refractivity contribution >= 4 is 0 Å². The minimum atomic E-state index is 0.257. The van der Waals surface area contributed by atoms with Crippen LogP contribution in [0, 0.1) is 0 Å². The standard InChI is InChI=1S/C17H25NO/c18-16-10-3-4-11-17(16)19-12-14-8-5-7-13-6-1-2-9-15(13)14/h1-2,6,9,14,16-17H,3-5,7-8,10-12,18H2. The maximum Gasteiger partial charge on any atom is 0.0726 e. The average Bonchev–Trinajstić information content (AvgIpc) is 2.46. The van der Waals surface area contributed by atoms with Gasteiger partial charge in [0.2, 0.25) is 0 Å². The fourth-order valence-electron chi connectivity index (χ4n) is 3.60. The van der Waals surface area contributed by atoms with Crippen LogP contribution in [-0.4, -0.2) is 18.8 Å². The van der Waals surface area contributed by atoms with E-state index in [2.05, 4.69) is 24.3 Å². The predicted octanol–water partition coefficient (Wildman–Crippen LogP) is 3.39. The third-order valence-corrected chi connectivity index (χ3v) is 4.76. The maximum absolute atomic E-state index is 6.17. The van der Waals surface area contributed by atoms with Crippen molar-refractivity contribution in [1.82, 2.24) is 0 Å². The minimum Gasteiger partial charge on any atom is -0.376 e. The van der Waals surface area contributed by atoms with Crippen LogP contribution >= 0.6 is 0 Å². The molecule has 0 amide bonds. The van der Waals surface area contributed by atoms with Gasteiger partial charge in [0.15, 0.2) is 0 Å². The van der Waals surface area contributed by atoms with E-state index in [9.17, 15) is 0 Å². The first-order chi connectivity index (χ1) is 9.34. The average molecular weight is 259 g/mol. The summed E-state index contributed by atoms with van der Waals surface area (Å²) in [6, 6.07) is 9.12. The highest BCUT2D eigenvalue weighted by atomic mass is 16.5. The Bertz CT molecular complexity index is 417. The lowest BCUT2D eigenvalue weighted by atomic mass is 9.83. The van der Waals surface area contributed by atoms with Gasteiger partial charge < -0.3 is 10.5 Å². The number of aryl methyl sites for hydroxylation is 1. The first-order valence-electron chi connectivity index (χ1n) is 7.79. The Morgan fingerprint density at radius 3 is 2.79 bits per heavy atom. The first kappa shape index (κ1) is 13.1. The number of ether oxygens (including phenoxy) is 1. The van der Waals surface area contributed by atoms with Gasteiger partial charge in [-0.15, -0.1) is 0 Å². The lowest BCUT2D eigenvalue weighted by Gasteiger charge is -2.32. The Morgan fingerprint density at radius 2 is 1.89 bits per heavy atom. The molecule has 0 bridgehead atoms. The SMILES string of the molecule is NC1CCCCC1OCC1CCCc2ccccc21. The van der Waals surface area contributed by atoms with Crippen LogP contribution < -0.4 is 5.73 Å². The molecule has 2 aliphatic rings. The number of hydrogen-bond donors (Lipinski definition) is 1. The van der Waals surface area contributed by atoms with Gasteiger partial charge >= 0.3 is 0 Å². The van der Waals surface area contributed by atoms with Crippen LogP contribution in [0.3, 0.4) is 0 Å². The summed E-state index contributed by atoms with van der Waals surface area (Å²) in [4.78, 5) is 0. The molecule has 1 saturated carbocycles. The second kappa shape index (κ2) is 6.06. The van der Waals surface area contributed by atoms with Crippen molar-refractivity contribution in [3.63, 3.8) is 0 Å². The number of benzene rings is 1. The van der Waals surface area contributed by atoms with Crippen LogP contribution in [0.5, 0.6) is 0 Å². The smallest absolute Gasteiger partial charge is 0.0726 e. The van der Waals surface area contributed by atoms with Crippen molar-refractivity contribution in [2.75, 3.05) is 6.61 Å². The highest BCUT2D eigenvalue weighted by Crippen LogP contribution is 2.32. The van der Waals surface area contributed by atoms with E-state index in [0.717, 1.165) is 19.4 Å². The molecule has 2 nitrogen and oxygen atoms in total. The quantitative estimate of drug-likeness (QED) is 0.903. The number of nitrogens with two attached hydrogens (primary N) is 1. The summed E-state index contributed by atoms with van der Waals surface area (Å²) in [5.74, 6) is 0.582. The van der Waals surface area contributed by atoms with E-state index < -0.39 is 0 Å². The summed E-state index contributed by atoms with van der Waals surface area (Å²) in [6.45, 7) is 0.857. The molecule has 19 heavy (non-hydrogen) atoms. The lowest BCUT2D eigenvalue weighted by molar-refractivity contribution is 0.00549. The molecule has 2 heteroatoms. The monoisotopic (exact) mass is 259 g/mol. The fraction of sp³-hybridized carbons (Fsp3) is 0.647. The summed E-state index contributed by atoms with van der Waals surface area (Å²) in [7, 11) is 0. The van der Waals surface area contributed by atoms with Crippen molar-refractivity contribution < 1.29 is 4.74 Å². The van der Waals surface area contributed by atoms with Crippen molar-refractivity contribution in [2.24, 2.45) is 5.73 Å². The molecule has 0 radical (unpaired) electrons. The Labute approximate surface area is 116 Å². The van der Waals surface area contributed by atoms with E-state index in [4.69, 9.17) is 10.5 Å². The van der Waals surface area contributed by atoms with Crippen molar-refractivity contribution in [3.05, 3.63) is 35.4 Å². The molecule has 2 N–H and O–H groups in total. The molecule has 1 aromatic carbocycles. The molecule has 0 aromatic heterocycles. The van der Waals surface area contributed by atoms with E-state index in [-0.39, 0.29) is 6.04 Å². The van der Waals surface area contributed by atoms with Crippen LogP contribution in [0.15, 0.2) is 24.3 Å². The number of hydrogen-bond acceptors (Lipinski definition) is 2. The van der Waals surface area contributed by atoms with Crippen LogP contribution in [0.1, 0.15) is 55.6 Å². The molecule has 0 heterocycles. The molecule has 3 rings (SSSR count). The van der Waals surface area contributed by atoms with Gasteiger partial charge in [0.05, 0.1) is 12.7 Å². The summed E-state index contributed by atoms with van der Waals surface area (Å²) in [6.07, 6.45) is 8.91. The van der Waals surface area contributed by atoms with Gasteiger partial charge in [-0.3, -0.25) is 0 Å². The molecule has 0 aliphatic heterocycles. The third-order valence-electron chi connectivity index (χ3n) is 4.76. The molecule has 2 aliphatic carbocycles. The van der Waals surface area contributed by atoms with Gasteiger partial charge in [-0.2, -0.15) is 0 Å². The summed E-state index contributed by atoms with van der Waals surface area (Å²) in [5, 5.41) is 0. The maximum atomic E-state index is 6.17. The van der Waals surface area contributed by atoms with Crippen molar-refractivity contribution in [3.8, 4) is 0 Å². The molecule has 1 aromatic rings. The Hall–Kier alpha value is -0.860. The molecule has 1 fully saturated rings. The van der Waals surface area contributed by atoms with Gasteiger partial charge in [0.25, 0.3) is 0 Å². The largest absolute Gasteiger partial charge is 0.376 e. The molecular weight excluding hydrogens is 234 g/mol.